The Hall–Kier alpha value is -0.610. The number of amides is 1. The van der Waals surface area contributed by atoms with Gasteiger partial charge in [-0.2, -0.15) is 4.31 Å². The summed E-state index contributed by atoms with van der Waals surface area (Å²) in [5.41, 5.74) is 0. The van der Waals surface area contributed by atoms with E-state index in [-0.39, 0.29) is 17.0 Å². The van der Waals surface area contributed by atoms with E-state index < -0.39 is 10.0 Å². The summed E-state index contributed by atoms with van der Waals surface area (Å²) in [6, 6.07) is 4.11. The first-order chi connectivity index (χ1) is 12.0. The van der Waals surface area contributed by atoms with Gasteiger partial charge in [0, 0.05) is 44.1 Å². The van der Waals surface area contributed by atoms with E-state index in [2.05, 4.69) is 11.0 Å². The van der Waals surface area contributed by atoms with E-state index in [0.717, 1.165) is 19.6 Å². The van der Waals surface area contributed by atoms with Gasteiger partial charge < -0.3 is 4.90 Å². The maximum atomic E-state index is 12.2. The maximum Gasteiger partial charge on any atom is 0.233 e. The summed E-state index contributed by atoms with van der Waals surface area (Å²) < 4.78 is 25.9. The van der Waals surface area contributed by atoms with Crippen molar-refractivity contribution in [3.05, 3.63) is 22.4 Å². The first-order valence-electron chi connectivity index (χ1n) is 8.66. The molecule has 0 saturated carbocycles. The van der Waals surface area contributed by atoms with Crippen LogP contribution < -0.4 is 0 Å². The van der Waals surface area contributed by atoms with Crippen LogP contribution in [0, 0.1) is 0 Å². The lowest BCUT2D eigenvalue weighted by molar-refractivity contribution is -0.128. The highest BCUT2D eigenvalue weighted by Gasteiger charge is 2.34. The second-order valence-corrected chi connectivity index (χ2v) is 10.5. The van der Waals surface area contributed by atoms with E-state index in [1.54, 1.807) is 27.4 Å². The third kappa shape index (κ3) is 4.57. The molecule has 0 N–H and O–H groups in total. The summed E-state index contributed by atoms with van der Waals surface area (Å²) >= 11 is 3.39. The van der Waals surface area contributed by atoms with Crippen LogP contribution in [0.4, 0.5) is 0 Å². The lowest BCUT2D eigenvalue weighted by Crippen LogP contribution is -2.50. The topological polar surface area (TPSA) is 60.9 Å². The molecule has 2 fully saturated rings. The number of piperazine rings is 1. The zero-order valence-corrected chi connectivity index (χ0v) is 16.9. The molecule has 1 aromatic rings. The van der Waals surface area contributed by atoms with Crippen molar-refractivity contribution in [3.63, 3.8) is 0 Å². The fraction of sp³-hybridized carbons (Fsp3) is 0.688. The Morgan fingerprint density at radius 3 is 2.60 bits per heavy atom. The highest BCUT2D eigenvalue weighted by Crippen LogP contribution is 2.40. The van der Waals surface area contributed by atoms with Crippen molar-refractivity contribution in [2.75, 3.05) is 50.8 Å². The second-order valence-electron chi connectivity index (χ2n) is 6.32. The number of hydrogen-bond acceptors (Lipinski definition) is 6. The van der Waals surface area contributed by atoms with Crippen molar-refractivity contribution in [2.24, 2.45) is 0 Å². The highest BCUT2D eigenvalue weighted by atomic mass is 32.2. The molecule has 2 aliphatic heterocycles. The Balaban J connectivity index is 1.50. The summed E-state index contributed by atoms with van der Waals surface area (Å²) in [5.74, 6) is 0.980. The molecule has 0 aromatic carbocycles. The fourth-order valence-electron chi connectivity index (χ4n) is 3.23. The summed E-state index contributed by atoms with van der Waals surface area (Å²) in [7, 11) is -3.09. The molecule has 2 saturated heterocycles. The van der Waals surface area contributed by atoms with Crippen molar-refractivity contribution < 1.29 is 13.2 Å². The fourth-order valence-corrected chi connectivity index (χ4v) is 6.92. The van der Waals surface area contributed by atoms with Gasteiger partial charge in [-0.15, -0.1) is 23.1 Å². The van der Waals surface area contributed by atoms with Gasteiger partial charge in [-0.05, 0) is 17.9 Å². The van der Waals surface area contributed by atoms with Crippen molar-refractivity contribution in [2.45, 2.75) is 18.7 Å². The molecular formula is C16H25N3O3S3. The van der Waals surface area contributed by atoms with Gasteiger partial charge in [-0.3, -0.25) is 9.69 Å². The minimum absolute atomic E-state index is 0.138. The number of carbonyl (C=O) groups excluding carboxylic acids is 1. The SMILES string of the molecule is CCCS(=O)(=O)N1CCN(CCN2C(=O)CS[C@H]2c2cccs2)CC1. The minimum atomic E-state index is -3.09. The predicted molar refractivity (Wildman–Crippen MR) is 103 cm³/mol. The predicted octanol–water partition coefficient (Wildman–Crippen LogP) is 1.68. The first-order valence-corrected chi connectivity index (χ1v) is 12.2. The number of hydrogen-bond donors (Lipinski definition) is 0. The van der Waals surface area contributed by atoms with Crippen molar-refractivity contribution in [1.82, 2.24) is 14.1 Å². The van der Waals surface area contributed by atoms with E-state index >= 15 is 0 Å². The summed E-state index contributed by atoms with van der Waals surface area (Å²) in [4.78, 5) is 17.7. The van der Waals surface area contributed by atoms with Crippen LogP contribution in [0.1, 0.15) is 23.6 Å². The molecule has 1 atom stereocenters. The molecule has 6 nitrogen and oxygen atoms in total. The number of rotatable bonds is 7. The number of sulfonamides is 1. The van der Waals surface area contributed by atoms with Gasteiger partial charge in [-0.25, -0.2) is 8.42 Å². The van der Waals surface area contributed by atoms with E-state index in [1.807, 2.05) is 23.3 Å². The highest BCUT2D eigenvalue weighted by molar-refractivity contribution is 8.00. The molecule has 0 spiro atoms. The Labute approximate surface area is 158 Å². The van der Waals surface area contributed by atoms with Crippen LogP contribution in [0.25, 0.3) is 0 Å². The first kappa shape index (κ1) is 19.2. The van der Waals surface area contributed by atoms with Gasteiger partial charge in [-0.1, -0.05) is 13.0 Å². The molecular weight excluding hydrogens is 378 g/mol. The normalized spacial score (nSPS) is 23.5. The van der Waals surface area contributed by atoms with Crippen LogP contribution in [0.15, 0.2) is 17.5 Å². The molecule has 2 aliphatic rings. The number of thiophene rings is 1. The van der Waals surface area contributed by atoms with Gasteiger partial charge in [0.2, 0.25) is 15.9 Å². The standard InChI is InChI=1S/C16H25N3O3S3/c1-2-12-25(21,22)18-8-5-17(6-9-18)7-10-19-15(20)13-24-16(19)14-4-3-11-23-14/h3-4,11,16H,2,5-10,12-13H2,1H3/t16-/m0/s1. The van der Waals surface area contributed by atoms with Crippen LogP contribution in [0.5, 0.6) is 0 Å². The van der Waals surface area contributed by atoms with Crippen molar-refractivity contribution >= 4 is 39.0 Å². The Morgan fingerprint density at radius 2 is 1.96 bits per heavy atom. The maximum absolute atomic E-state index is 12.2. The largest absolute Gasteiger partial charge is 0.324 e. The molecule has 140 valence electrons. The molecule has 0 bridgehead atoms. The Kier molecular flexibility index (Phi) is 6.43. The van der Waals surface area contributed by atoms with E-state index in [0.29, 0.717) is 31.8 Å². The van der Waals surface area contributed by atoms with E-state index in [1.165, 1.54) is 4.88 Å². The summed E-state index contributed by atoms with van der Waals surface area (Å²) in [6.45, 7) is 5.98. The van der Waals surface area contributed by atoms with Gasteiger partial charge in [0.25, 0.3) is 0 Å². The summed E-state index contributed by atoms with van der Waals surface area (Å²) in [5, 5.41) is 2.19. The number of nitrogens with zero attached hydrogens (tertiary/aromatic N) is 3. The third-order valence-electron chi connectivity index (χ3n) is 4.60. The van der Waals surface area contributed by atoms with Gasteiger partial charge >= 0.3 is 0 Å². The number of carbonyl (C=O) groups is 1. The van der Waals surface area contributed by atoms with Crippen molar-refractivity contribution in [3.8, 4) is 0 Å². The van der Waals surface area contributed by atoms with E-state index in [4.69, 9.17) is 0 Å². The average molecular weight is 404 g/mol. The zero-order chi connectivity index (χ0) is 17.9. The monoisotopic (exact) mass is 403 g/mol. The Bertz CT molecular complexity index is 670. The van der Waals surface area contributed by atoms with Gasteiger partial charge in [0.1, 0.15) is 5.37 Å². The van der Waals surface area contributed by atoms with Gasteiger partial charge in [0.15, 0.2) is 0 Å². The van der Waals surface area contributed by atoms with Crippen LogP contribution >= 0.6 is 23.1 Å². The Morgan fingerprint density at radius 1 is 1.20 bits per heavy atom. The molecule has 1 aromatic heterocycles. The molecule has 0 radical (unpaired) electrons. The van der Waals surface area contributed by atoms with Crippen molar-refractivity contribution in [1.29, 1.82) is 0 Å². The van der Waals surface area contributed by atoms with Crippen LogP contribution in [0.3, 0.4) is 0 Å². The average Bonchev–Trinajstić information content (AvgIpc) is 3.23. The molecule has 3 heterocycles. The van der Waals surface area contributed by atoms with Crippen LogP contribution in [0.2, 0.25) is 0 Å². The van der Waals surface area contributed by atoms with Crippen LogP contribution in [-0.2, 0) is 14.8 Å². The number of thioether (sulfide) groups is 1. The second kappa shape index (κ2) is 8.39. The molecule has 9 heteroatoms. The smallest absolute Gasteiger partial charge is 0.233 e. The quantitative estimate of drug-likeness (QED) is 0.693. The molecule has 1 amide bonds. The van der Waals surface area contributed by atoms with E-state index in [9.17, 15) is 13.2 Å². The minimum Gasteiger partial charge on any atom is -0.324 e. The van der Waals surface area contributed by atoms with Crippen LogP contribution in [-0.4, -0.2) is 79.2 Å². The lowest BCUT2D eigenvalue weighted by Gasteiger charge is -2.35. The molecule has 0 aliphatic carbocycles. The molecule has 3 rings (SSSR count). The zero-order valence-electron chi connectivity index (χ0n) is 14.5. The molecule has 0 unspecified atom stereocenters. The van der Waals surface area contributed by atoms with Gasteiger partial charge in [0.05, 0.1) is 11.5 Å². The third-order valence-corrected chi connectivity index (χ3v) is 8.99. The lowest BCUT2D eigenvalue weighted by atomic mass is 10.3. The molecule has 25 heavy (non-hydrogen) atoms. The summed E-state index contributed by atoms with van der Waals surface area (Å²) in [6.07, 6.45) is 0.654.